The van der Waals surface area contributed by atoms with Gasteiger partial charge in [0.2, 0.25) is 11.9 Å². The van der Waals surface area contributed by atoms with Crippen molar-refractivity contribution in [2.45, 2.75) is 26.3 Å². The minimum absolute atomic E-state index is 0.0525. The fraction of sp³-hybridized carbons (Fsp3) is 0.364. The van der Waals surface area contributed by atoms with Crippen molar-refractivity contribution in [2.75, 3.05) is 24.6 Å². The zero-order valence-electron chi connectivity index (χ0n) is 16.5. The van der Waals surface area contributed by atoms with Crippen molar-refractivity contribution in [1.29, 1.82) is 0 Å². The van der Waals surface area contributed by atoms with Gasteiger partial charge < -0.3 is 19.9 Å². The molecule has 3 aromatic rings. The summed E-state index contributed by atoms with van der Waals surface area (Å²) in [5.41, 5.74) is 2.85. The molecule has 0 saturated carbocycles. The second-order valence-electron chi connectivity index (χ2n) is 7.30. The quantitative estimate of drug-likeness (QED) is 0.638. The van der Waals surface area contributed by atoms with Crippen LogP contribution in [0.1, 0.15) is 25.3 Å². The Labute approximate surface area is 175 Å². The van der Waals surface area contributed by atoms with E-state index >= 15 is 0 Å². The maximum Gasteiger partial charge on any atom is 0.225 e. The van der Waals surface area contributed by atoms with Gasteiger partial charge in [-0.05, 0) is 55.7 Å². The summed E-state index contributed by atoms with van der Waals surface area (Å²) in [5, 5.41) is 3.75. The first-order valence-corrected chi connectivity index (χ1v) is 10.4. The summed E-state index contributed by atoms with van der Waals surface area (Å²) in [6.45, 7) is 4.67. The number of nitrogens with one attached hydrogen (secondary N) is 2. The molecule has 0 spiro atoms. The van der Waals surface area contributed by atoms with Crippen molar-refractivity contribution in [2.24, 2.45) is 5.92 Å². The fourth-order valence-electron chi connectivity index (χ4n) is 3.71. The zero-order valence-corrected chi connectivity index (χ0v) is 17.2. The Kier molecular flexibility index (Phi) is 5.90. The molecule has 1 aliphatic heterocycles. The summed E-state index contributed by atoms with van der Waals surface area (Å²) in [4.78, 5) is 22.9. The van der Waals surface area contributed by atoms with E-state index in [1.165, 1.54) is 0 Å². The maximum absolute atomic E-state index is 12.7. The van der Waals surface area contributed by atoms with E-state index in [0.29, 0.717) is 24.7 Å². The molecule has 152 valence electrons. The molecule has 0 unspecified atom stereocenters. The van der Waals surface area contributed by atoms with Crippen LogP contribution in [0.4, 0.5) is 5.95 Å². The number of nitrogens with zero attached hydrogens (tertiary/aromatic N) is 2. The average molecular weight is 413 g/mol. The van der Waals surface area contributed by atoms with Crippen LogP contribution in [0.15, 0.2) is 42.5 Å². The van der Waals surface area contributed by atoms with Gasteiger partial charge in [0.15, 0.2) is 0 Å². The molecule has 1 fully saturated rings. The van der Waals surface area contributed by atoms with Crippen LogP contribution in [0.3, 0.4) is 0 Å². The van der Waals surface area contributed by atoms with E-state index in [4.69, 9.17) is 16.3 Å². The number of aromatic amines is 1. The Bertz CT molecular complexity index is 986. The zero-order chi connectivity index (χ0) is 20.2. The number of ether oxygens (including phenoxy) is 1. The summed E-state index contributed by atoms with van der Waals surface area (Å²) in [7, 11) is 0. The van der Waals surface area contributed by atoms with Crippen LogP contribution in [0.25, 0.3) is 11.0 Å². The van der Waals surface area contributed by atoms with Crippen molar-refractivity contribution in [3.63, 3.8) is 0 Å². The minimum Gasteiger partial charge on any atom is -0.494 e. The van der Waals surface area contributed by atoms with Crippen molar-refractivity contribution in [1.82, 2.24) is 15.3 Å². The lowest BCUT2D eigenvalue weighted by Gasteiger charge is -2.31. The highest BCUT2D eigenvalue weighted by Gasteiger charge is 2.27. The number of anilines is 1. The normalized spacial score (nSPS) is 16.8. The third-order valence-corrected chi connectivity index (χ3v) is 5.46. The van der Waals surface area contributed by atoms with Crippen LogP contribution >= 0.6 is 11.6 Å². The van der Waals surface area contributed by atoms with Crippen molar-refractivity contribution >= 4 is 34.5 Å². The molecule has 1 saturated heterocycles. The molecule has 7 heteroatoms. The Morgan fingerprint density at radius 3 is 2.93 bits per heavy atom. The third kappa shape index (κ3) is 4.65. The van der Waals surface area contributed by atoms with Gasteiger partial charge in [-0.25, -0.2) is 4.98 Å². The van der Waals surface area contributed by atoms with Gasteiger partial charge in [0.05, 0.1) is 23.6 Å². The Hall–Kier alpha value is -2.73. The molecule has 2 aromatic carbocycles. The monoisotopic (exact) mass is 412 g/mol. The number of piperidine rings is 1. The lowest BCUT2D eigenvalue weighted by molar-refractivity contribution is -0.125. The highest BCUT2D eigenvalue weighted by molar-refractivity contribution is 6.31. The summed E-state index contributed by atoms with van der Waals surface area (Å²) in [6, 6.07) is 13.4. The molecule has 1 aromatic heterocycles. The number of H-pyrrole nitrogens is 1. The van der Waals surface area contributed by atoms with Crippen molar-refractivity contribution in [3.8, 4) is 5.75 Å². The maximum atomic E-state index is 12.7. The van der Waals surface area contributed by atoms with Gasteiger partial charge in [0, 0.05) is 24.7 Å². The number of halogens is 1. The number of hydrogen-bond donors (Lipinski definition) is 2. The Morgan fingerprint density at radius 2 is 2.14 bits per heavy atom. The number of amides is 1. The summed E-state index contributed by atoms with van der Waals surface area (Å²) < 4.78 is 5.45. The molecule has 1 amide bonds. The topological polar surface area (TPSA) is 70.2 Å². The number of benzene rings is 2. The van der Waals surface area contributed by atoms with E-state index in [0.717, 1.165) is 47.7 Å². The first-order chi connectivity index (χ1) is 14.1. The first kappa shape index (κ1) is 19.6. The SMILES string of the molecule is CCOc1ccc(CNC(=O)[C@@H]2CCCN(c3nc4ccc(Cl)cc4[nH]3)C2)cc1. The predicted octanol–water partition coefficient (Wildman–Crippen LogP) is 4.15. The van der Waals surface area contributed by atoms with Gasteiger partial charge in [0.25, 0.3) is 0 Å². The molecule has 1 atom stereocenters. The van der Waals surface area contributed by atoms with Gasteiger partial charge >= 0.3 is 0 Å². The molecule has 1 aliphatic rings. The Morgan fingerprint density at radius 1 is 1.31 bits per heavy atom. The molecule has 2 N–H and O–H groups in total. The number of carbonyl (C=O) groups is 1. The highest BCUT2D eigenvalue weighted by atomic mass is 35.5. The van der Waals surface area contributed by atoms with Crippen molar-refractivity contribution in [3.05, 3.63) is 53.1 Å². The van der Waals surface area contributed by atoms with Gasteiger partial charge in [-0.1, -0.05) is 23.7 Å². The molecule has 29 heavy (non-hydrogen) atoms. The molecule has 4 rings (SSSR count). The summed E-state index contributed by atoms with van der Waals surface area (Å²) in [5.74, 6) is 1.68. The van der Waals surface area contributed by atoms with E-state index in [1.807, 2.05) is 49.4 Å². The van der Waals surface area contributed by atoms with Gasteiger partial charge in [-0.2, -0.15) is 0 Å². The largest absolute Gasteiger partial charge is 0.494 e. The van der Waals surface area contributed by atoms with Gasteiger partial charge in [-0.15, -0.1) is 0 Å². The number of rotatable bonds is 6. The first-order valence-electron chi connectivity index (χ1n) is 10.0. The molecular formula is C22H25ClN4O2. The van der Waals surface area contributed by atoms with E-state index in [1.54, 1.807) is 0 Å². The smallest absolute Gasteiger partial charge is 0.225 e. The number of imidazole rings is 1. The van der Waals surface area contributed by atoms with Crippen LogP contribution in [-0.2, 0) is 11.3 Å². The number of hydrogen-bond acceptors (Lipinski definition) is 4. The van der Waals surface area contributed by atoms with Crippen LogP contribution in [-0.4, -0.2) is 35.6 Å². The molecule has 6 nitrogen and oxygen atoms in total. The number of carbonyl (C=O) groups excluding carboxylic acids is 1. The van der Waals surface area contributed by atoms with E-state index in [9.17, 15) is 4.79 Å². The molecule has 0 aliphatic carbocycles. The van der Waals surface area contributed by atoms with Gasteiger partial charge in [0.1, 0.15) is 5.75 Å². The lowest BCUT2D eigenvalue weighted by atomic mass is 9.97. The lowest BCUT2D eigenvalue weighted by Crippen LogP contribution is -2.43. The molecule has 2 heterocycles. The summed E-state index contributed by atoms with van der Waals surface area (Å²) >= 11 is 6.07. The highest BCUT2D eigenvalue weighted by Crippen LogP contribution is 2.25. The van der Waals surface area contributed by atoms with E-state index in [2.05, 4.69) is 20.2 Å². The van der Waals surface area contributed by atoms with Crippen LogP contribution in [0.2, 0.25) is 5.02 Å². The van der Waals surface area contributed by atoms with Crippen LogP contribution in [0.5, 0.6) is 5.75 Å². The number of aromatic nitrogens is 2. The van der Waals surface area contributed by atoms with Crippen LogP contribution in [0, 0.1) is 5.92 Å². The standard InChI is InChI=1S/C22H25ClN4O2/c1-2-29-18-8-5-15(6-9-18)13-24-21(28)16-4-3-11-27(14-16)22-25-19-10-7-17(23)12-20(19)26-22/h5-10,12,16H,2-4,11,13-14H2,1H3,(H,24,28)(H,25,26)/t16-/m1/s1. The number of fused-ring (bicyclic) bond motifs is 1. The Balaban J connectivity index is 1.36. The van der Waals surface area contributed by atoms with E-state index in [-0.39, 0.29) is 11.8 Å². The van der Waals surface area contributed by atoms with Gasteiger partial charge in [-0.3, -0.25) is 4.79 Å². The van der Waals surface area contributed by atoms with Crippen LogP contribution < -0.4 is 15.0 Å². The fourth-order valence-corrected chi connectivity index (χ4v) is 3.88. The molecule has 0 bridgehead atoms. The second kappa shape index (κ2) is 8.74. The second-order valence-corrected chi connectivity index (χ2v) is 7.74. The molecule has 0 radical (unpaired) electrons. The average Bonchev–Trinajstić information content (AvgIpc) is 3.16. The van der Waals surface area contributed by atoms with Crippen molar-refractivity contribution < 1.29 is 9.53 Å². The minimum atomic E-state index is -0.0525. The summed E-state index contributed by atoms with van der Waals surface area (Å²) in [6.07, 6.45) is 1.84. The predicted molar refractivity (Wildman–Crippen MR) is 115 cm³/mol. The van der Waals surface area contributed by atoms with E-state index < -0.39 is 0 Å². The molecular weight excluding hydrogens is 388 g/mol. The third-order valence-electron chi connectivity index (χ3n) is 5.22.